The van der Waals surface area contributed by atoms with E-state index in [2.05, 4.69) is 10.2 Å². The van der Waals surface area contributed by atoms with Gasteiger partial charge in [0, 0.05) is 52.2 Å². The van der Waals surface area contributed by atoms with Gasteiger partial charge in [-0.2, -0.15) is 0 Å². The van der Waals surface area contributed by atoms with Gasteiger partial charge in [0.1, 0.15) is 11.3 Å². The molecule has 9 nitrogen and oxygen atoms in total. The number of aryl methyl sites for hydroxylation is 2. The number of hydrogen-bond donors (Lipinski definition) is 1. The summed E-state index contributed by atoms with van der Waals surface area (Å²) in [6.07, 6.45) is 3.07. The summed E-state index contributed by atoms with van der Waals surface area (Å²) in [7, 11) is 4.82. The van der Waals surface area contributed by atoms with Crippen molar-refractivity contribution in [3.8, 4) is 0 Å². The summed E-state index contributed by atoms with van der Waals surface area (Å²) >= 11 is 0. The van der Waals surface area contributed by atoms with Crippen LogP contribution in [0, 0.1) is 0 Å². The van der Waals surface area contributed by atoms with Gasteiger partial charge in [0.25, 0.3) is 11.5 Å². The molecule has 0 spiro atoms. The summed E-state index contributed by atoms with van der Waals surface area (Å²) in [5, 5.41) is 3.29. The number of anilines is 2. The van der Waals surface area contributed by atoms with Gasteiger partial charge in [0.2, 0.25) is 0 Å². The van der Waals surface area contributed by atoms with Crippen LogP contribution in [0.5, 0.6) is 0 Å². The van der Waals surface area contributed by atoms with Crippen LogP contribution >= 0.6 is 0 Å². The number of benzene rings is 1. The zero-order valence-corrected chi connectivity index (χ0v) is 19.6. The van der Waals surface area contributed by atoms with E-state index >= 15 is 0 Å². The van der Waals surface area contributed by atoms with Gasteiger partial charge in [0.15, 0.2) is 0 Å². The predicted octanol–water partition coefficient (Wildman–Crippen LogP) is 2.32. The van der Waals surface area contributed by atoms with Crippen LogP contribution in [0.2, 0.25) is 0 Å². The largest absolute Gasteiger partial charge is 0.381 e. The van der Waals surface area contributed by atoms with Crippen LogP contribution in [-0.2, 0) is 25.4 Å². The molecule has 0 aliphatic carbocycles. The third-order valence-electron chi connectivity index (χ3n) is 6.44. The van der Waals surface area contributed by atoms with Gasteiger partial charge in [-0.15, -0.1) is 0 Å². The number of methoxy groups -OCH3 is 1. The van der Waals surface area contributed by atoms with E-state index in [-0.39, 0.29) is 5.91 Å². The first-order valence-electron chi connectivity index (χ1n) is 11.3. The molecule has 0 atom stereocenters. The number of nitrogens with zero attached hydrogens (tertiary/aromatic N) is 4. The summed E-state index contributed by atoms with van der Waals surface area (Å²) in [6, 6.07) is 9.36. The summed E-state index contributed by atoms with van der Waals surface area (Å²) < 4.78 is 9.68. The maximum Gasteiger partial charge on any atom is 0.332 e. The van der Waals surface area contributed by atoms with E-state index in [0.717, 1.165) is 42.6 Å². The topological polar surface area (TPSA) is 90.5 Å². The third-order valence-corrected chi connectivity index (χ3v) is 6.44. The number of piperidine rings is 1. The van der Waals surface area contributed by atoms with Crippen molar-refractivity contribution in [2.24, 2.45) is 14.1 Å². The molecule has 1 aromatic carbocycles. The van der Waals surface area contributed by atoms with Crippen LogP contribution in [-0.4, -0.2) is 45.9 Å². The Balaban J connectivity index is 1.60. The molecule has 33 heavy (non-hydrogen) atoms. The van der Waals surface area contributed by atoms with E-state index in [1.807, 2.05) is 31.2 Å². The molecule has 1 saturated heterocycles. The number of amides is 1. The molecule has 3 heterocycles. The maximum absolute atomic E-state index is 13.2. The molecule has 3 aromatic rings. The lowest BCUT2D eigenvalue weighted by Crippen LogP contribution is -2.37. The molecular formula is C24H31N5O4. The van der Waals surface area contributed by atoms with Gasteiger partial charge in [-0.25, -0.2) is 4.79 Å². The first-order chi connectivity index (χ1) is 15.8. The molecular weight excluding hydrogens is 422 g/mol. The number of aromatic nitrogens is 3. The number of carbonyl (C=O) groups is 1. The fourth-order valence-corrected chi connectivity index (χ4v) is 4.58. The highest BCUT2D eigenvalue weighted by Crippen LogP contribution is 2.24. The normalized spacial score (nSPS) is 14.7. The smallest absolute Gasteiger partial charge is 0.332 e. The summed E-state index contributed by atoms with van der Waals surface area (Å²) in [6.45, 7) is 4.38. The number of ether oxygens (including phenoxy) is 1. The average molecular weight is 454 g/mol. The molecule has 0 radical (unpaired) electrons. The second-order valence-electron chi connectivity index (χ2n) is 8.55. The molecule has 0 bridgehead atoms. The minimum absolute atomic E-state index is 0.317. The molecule has 1 N–H and O–H groups in total. The van der Waals surface area contributed by atoms with Crippen LogP contribution in [0.1, 0.15) is 36.7 Å². The SMILES string of the molecule is CCCn1c(C(=O)Nc2ccc(N3CCC(OC)CC3)cc2)cc2c(=O)n(C)c(=O)n(C)c21. The van der Waals surface area contributed by atoms with Crippen molar-refractivity contribution in [1.29, 1.82) is 0 Å². The number of nitrogens with one attached hydrogen (secondary N) is 1. The highest BCUT2D eigenvalue weighted by molar-refractivity contribution is 6.06. The van der Waals surface area contributed by atoms with Gasteiger partial charge < -0.3 is 19.5 Å². The maximum atomic E-state index is 13.2. The van der Waals surface area contributed by atoms with Gasteiger partial charge in [-0.1, -0.05) is 6.92 Å². The second kappa shape index (κ2) is 9.27. The molecule has 1 aliphatic heterocycles. The molecule has 4 rings (SSSR count). The molecule has 176 valence electrons. The van der Waals surface area contributed by atoms with Gasteiger partial charge in [0.05, 0.1) is 11.5 Å². The minimum Gasteiger partial charge on any atom is -0.381 e. The lowest BCUT2D eigenvalue weighted by molar-refractivity contribution is 0.0819. The Morgan fingerprint density at radius 1 is 1.09 bits per heavy atom. The Bertz CT molecular complexity index is 1280. The fourth-order valence-electron chi connectivity index (χ4n) is 4.58. The van der Waals surface area contributed by atoms with E-state index in [9.17, 15) is 14.4 Å². The van der Waals surface area contributed by atoms with E-state index in [0.29, 0.717) is 35.1 Å². The molecule has 1 aliphatic rings. The fraction of sp³-hybridized carbons (Fsp3) is 0.458. The van der Waals surface area contributed by atoms with Crippen molar-refractivity contribution in [2.45, 2.75) is 38.8 Å². The quantitative estimate of drug-likeness (QED) is 0.619. The zero-order chi connectivity index (χ0) is 23.7. The predicted molar refractivity (Wildman–Crippen MR) is 129 cm³/mol. The van der Waals surface area contributed by atoms with E-state index in [4.69, 9.17) is 4.74 Å². The Hall–Kier alpha value is -3.33. The van der Waals surface area contributed by atoms with E-state index < -0.39 is 11.2 Å². The highest BCUT2D eigenvalue weighted by atomic mass is 16.5. The summed E-state index contributed by atoms with van der Waals surface area (Å²) in [4.78, 5) is 40.6. The van der Waals surface area contributed by atoms with Gasteiger partial charge >= 0.3 is 5.69 Å². The van der Waals surface area contributed by atoms with Crippen molar-refractivity contribution < 1.29 is 9.53 Å². The highest BCUT2D eigenvalue weighted by Gasteiger charge is 2.22. The van der Waals surface area contributed by atoms with Crippen LogP contribution in [0.25, 0.3) is 11.0 Å². The van der Waals surface area contributed by atoms with Crippen molar-refractivity contribution in [3.63, 3.8) is 0 Å². The van der Waals surface area contributed by atoms with Crippen LogP contribution < -0.4 is 21.5 Å². The first kappa shape index (κ1) is 22.8. The van der Waals surface area contributed by atoms with Crippen molar-refractivity contribution in [3.05, 3.63) is 56.9 Å². The number of carbonyl (C=O) groups excluding carboxylic acids is 1. The minimum atomic E-state index is -0.417. The molecule has 0 saturated carbocycles. The molecule has 1 amide bonds. The van der Waals surface area contributed by atoms with Gasteiger partial charge in [-0.3, -0.25) is 18.7 Å². The monoisotopic (exact) mass is 453 g/mol. The third kappa shape index (κ3) is 4.20. The Labute approximate surface area is 192 Å². The van der Waals surface area contributed by atoms with Crippen LogP contribution in [0.4, 0.5) is 11.4 Å². The molecule has 2 aromatic heterocycles. The van der Waals surface area contributed by atoms with Crippen LogP contribution in [0.3, 0.4) is 0 Å². The average Bonchev–Trinajstić information content (AvgIpc) is 3.22. The van der Waals surface area contributed by atoms with Crippen molar-refractivity contribution in [2.75, 3.05) is 30.4 Å². The lowest BCUT2D eigenvalue weighted by Gasteiger charge is -2.33. The van der Waals surface area contributed by atoms with E-state index in [1.165, 1.54) is 11.6 Å². The summed E-state index contributed by atoms with van der Waals surface area (Å²) in [5.74, 6) is -0.317. The standard InChI is InChI=1S/C24H31N5O4/c1-5-12-29-20(15-19-22(29)26(2)24(32)27(3)23(19)31)21(30)25-16-6-8-17(9-7-16)28-13-10-18(33-4)11-14-28/h6-9,15,18H,5,10-14H2,1-4H3,(H,25,30). The van der Waals surface area contributed by atoms with Crippen molar-refractivity contribution >= 4 is 28.3 Å². The number of rotatable bonds is 6. The Kier molecular flexibility index (Phi) is 6.42. The van der Waals surface area contributed by atoms with Crippen LogP contribution in [0.15, 0.2) is 39.9 Å². The molecule has 9 heteroatoms. The van der Waals surface area contributed by atoms with E-state index in [1.54, 1.807) is 24.8 Å². The van der Waals surface area contributed by atoms with Crippen molar-refractivity contribution in [1.82, 2.24) is 13.7 Å². The summed E-state index contributed by atoms with van der Waals surface area (Å²) in [5.41, 5.74) is 1.78. The number of hydrogen-bond acceptors (Lipinski definition) is 5. The van der Waals surface area contributed by atoms with Gasteiger partial charge in [-0.05, 0) is 49.6 Å². The number of fused-ring (bicyclic) bond motifs is 1. The Morgan fingerprint density at radius 2 is 1.76 bits per heavy atom. The lowest BCUT2D eigenvalue weighted by atomic mass is 10.1. The first-order valence-corrected chi connectivity index (χ1v) is 11.3. The second-order valence-corrected chi connectivity index (χ2v) is 8.55. The molecule has 1 fully saturated rings. The molecule has 0 unspecified atom stereocenters. The zero-order valence-electron chi connectivity index (χ0n) is 19.6. The Morgan fingerprint density at radius 3 is 2.36 bits per heavy atom.